The summed E-state index contributed by atoms with van der Waals surface area (Å²) in [6.45, 7) is 2.41. The number of carboxylic acids is 1. The highest BCUT2D eigenvalue weighted by molar-refractivity contribution is 7.17. The van der Waals surface area contributed by atoms with Crippen LogP contribution in [0.4, 0.5) is 0 Å². The van der Waals surface area contributed by atoms with E-state index in [1.165, 1.54) is 17.5 Å². The number of H-pyrrole nitrogens is 1. The first-order chi connectivity index (χ1) is 14.9. The van der Waals surface area contributed by atoms with Crippen LogP contribution in [0.1, 0.15) is 28.8 Å². The molecular formula is C22H17ClN2O5S. The molecule has 31 heavy (non-hydrogen) atoms. The van der Waals surface area contributed by atoms with Crippen LogP contribution in [0.2, 0.25) is 5.02 Å². The van der Waals surface area contributed by atoms with E-state index < -0.39 is 17.2 Å². The minimum atomic E-state index is -1.25. The Kier molecular flexibility index (Phi) is 5.67. The SMILES string of the molecule is CC(COc1ccc(Cl)c(-n2c(=O)[nH]c3scc(C(=O)O)c3c2=O)c1)c1ccccc1. The Morgan fingerprint density at radius 2 is 1.97 bits per heavy atom. The van der Waals surface area contributed by atoms with Crippen molar-refractivity contribution in [2.75, 3.05) is 6.61 Å². The summed E-state index contributed by atoms with van der Waals surface area (Å²) in [4.78, 5) is 39.9. The second-order valence-electron chi connectivity index (χ2n) is 6.97. The van der Waals surface area contributed by atoms with Crippen molar-refractivity contribution in [2.45, 2.75) is 12.8 Å². The molecule has 2 aromatic carbocycles. The molecule has 1 atom stereocenters. The zero-order valence-corrected chi connectivity index (χ0v) is 17.9. The molecule has 0 saturated carbocycles. The molecule has 4 rings (SSSR count). The van der Waals surface area contributed by atoms with Gasteiger partial charge in [-0.25, -0.2) is 14.2 Å². The van der Waals surface area contributed by atoms with Crippen LogP contribution in [0.15, 0.2) is 63.5 Å². The lowest BCUT2D eigenvalue weighted by Crippen LogP contribution is -2.34. The predicted octanol–water partition coefficient (Wildman–Crippen LogP) is 4.27. The van der Waals surface area contributed by atoms with E-state index in [0.717, 1.165) is 21.5 Å². The first-order valence-electron chi connectivity index (χ1n) is 9.34. The number of fused-ring (bicyclic) bond motifs is 1. The Morgan fingerprint density at radius 3 is 2.68 bits per heavy atom. The summed E-state index contributed by atoms with van der Waals surface area (Å²) in [5.74, 6) is -0.705. The lowest BCUT2D eigenvalue weighted by molar-refractivity contribution is 0.0699. The lowest BCUT2D eigenvalue weighted by Gasteiger charge is -2.15. The number of hydrogen-bond acceptors (Lipinski definition) is 5. The van der Waals surface area contributed by atoms with Gasteiger partial charge in [0.1, 0.15) is 10.6 Å². The van der Waals surface area contributed by atoms with Crippen molar-refractivity contribution in [2.24, 2.45) is 0 Å². The highest BCUT2D eigenvalue weighted by Gasteiger charge is 2.20. The molecule has 0 spiro atoms. The Morgan fingerprint density at radius 1 is 1.23 bits per heavy atom. The van der Waals surface area contributed by atoms with Crippen LogP contribution in [0.25, 0.3) is 15.9 Å². The number of carbonyl (C=O) groups is 1. The molecule has 0 bridgehead atoms. The molecule has 0 fully saturated rings. The number of ether oxygens (including phenoxy) is 1. The van der Waals surface area contributed by atoms with Crippen LogP contribution in [0.3, 0.4) is 0 Å². The molecule has 4 aromatic rings. The van der Waals surface area contributed by atoms with E-state index in [0.29, 0.717) is 12.4 Å². The van der Waals surface area contributed by atoms with Gasteiger partial charge in [0.05, 0.1) is 28.3 Å². The maximum absolute atomic E-state index is 13.0. The van der Waals surface area contributed by atoms with Crippen LogP contribution in [-0.2, 0) is 0 Å². The highest BCUT2D eigenvalue weighted by Crippen LogP contribution is 2.27. The van der Waals surface area contributed by atoms with Crippen molar-refractivity contribution in [3.05, 3.63) is 90.9 Å². The predicted molar refractivity (Wildman–Crippen MR) is 120 cm³/mol. The third kappa shape index (κ3) is 3.99. The maximum atomic E-state index is 13.0. The standard InChI is InChI=1S/C22H17ClN2O5S/c1-12(13-5-3-2-4-6-13)10-30-14-7-8-16(23)17(9-14)25-20(26)18-15(21(27)28)11-31-19(18)24-22(25)29/h2-9,11-12H,10H2,1H3,(H,24,29)(H,27,28). The van der Waals surface area contributed by atoms with E-state index in [4.69, 9.17) is 16.3 Å². The van der Waals surface area contributed by atoms with E-state index in [9.17, 15) is 19.5 Å². The number of nitrogens with one attached hydrogen (secondary N) is 1. The molecule has 7 nitrogen and oxygen atoms in total. The number of thiophene rings is 1. The molecule has 0 aliphatic rings. The Bertz CT molecular complexity index is 1390. The van der Waals surface area contributed by atoms with Gasteiger partial charge in [0.15, 0.2) is 0 Å². The van der Waals surface area contributed by atoms with Gasteiger partial charge in [0.25, 0.3) is 5.56 Å². The molecule has 1 unspecified atom stereocenters. The third-order valence-electron chi connectivity index (χ3n) is 4.89. The molecular weight excluding hydrogens is 440 g/mol. The molecule has 0 saturated heterocycles. The van der Waals surface area contributed by atoms with Crippen LogP contribution < -0.4 is 16.0 Å². The van der Waals surface area contributed by atoms with Crippen molar-refractivity contribution in [1.29, 1.82) is 0 Å². The topological polar surface area (TPSA) is 101 Å². The number of nitrogens with zero attached hydrogens (tertiary/aromatic N) is 1. The maximum Gasteiger partial charge on any atom is 0.337 e. The van der Waals surface area contributed by atoms with Gasteiger partial charge in [0, 0.05) is 17.4 Å². The zero-order chi connectivity index (χ0) is 22.1. The quantitative estimate of drug-likeness (QED) is 0.451. The summed E-state index contributed by atoms with van der Waals surface area (Å²) in [7, 11) is 0. The number of carboxylic acid groups (broad SMARTS) is 1. The van der Waals surface area contributed by atoms with Crippen LogP contribution >= 0.6 is 22.9 Å². The average Bonchev–Trinajstić information content (AvgIpc) is 3.18. The van der Waals surface area contributed by atoms with E-state index in [1.54, 1.807) is 6.07 Å². The second-order valence-corrected chi connectivity index (χ2v) is 8.25. The monoisotopic (exact) mass is 456 g/mol. The fourth-order valence-corrected chi connectivity index (χ4v) is 4.37. The first kappa shape index (κ1) is 20.9. The summed E-state index contributed by atoms with van der Waals surface area (Å²) in [6.07, 6.45) is 0. The lowest BCUT2D eigenvalue weighted by atomic mass is 10.0. The highest BCUT2D eigenvalue weighted by atomic mass is 35.5. The van der Waals surface area contributed by atoms with Gasteiger partial charge in [-0.1, -0.05) is 48.9 Å². The molecule has 2 aromatic heterocycles. The van der Waals surface area contributed by atoms with Gasteiger partial charge in [-0.15, -0.1) is 11.3 Å². The van der Waals surface area contributed by atoms with Gasteiger partial charge in [-0.05, 0) is 17.7 Å². The largest absolute Gasteiger partial charge is 0.493 e. The van der Waals surface area contributed by atoms with E-state index in [2.05, 4.69) is 4.98 Å². The third-order valence-corrected chi connectivity index (χ3v) is 6.10. The fourth-order valence-electron chi connectivity index (χ4n) is 3.25. The second kappa shape index (κ2) is 8.41. The molecule has 2 heterocycles. The number of aromatic nitrogens is 2. The smallest absolute Gasteiger partial charge is 0.337 e. The van der Waals surface area contributed by atoms with E-state index in [1.807, 2.05) is 37.3 Å². The van der Waals surface area contributed by atoms with Crippen molar-refractivity contribution >= 4 is 39.1 Å². The van der Waals surface area contributed by atoms with Gasteiger partial charge >= 0.3 is 11.7 Å². The number of halogens is 1. The van der Waals surface area contributed by atoms with Crippen molar-refractivity contribution in [3.8, 4) is 11.4 Å². The number of aromatic amines is 1. The number of hydrogen-bond donors (Lipinski definition) is 2. The number of benzene rings is 2. The normalized spacial score (nSPS) is 12.1. The Balaban J connectivity index is 1.73. The minimum Gasteiger partial charge on any atom is -0.493 e. The van der Waals surface area contributed by atoms with Crippen molar-refractivity contribution < 1.29 is 14.6 Å². The Labute approximate surface area is 185 Å². The molecule has 0 aliphatic heterocycles. The van der Waals surface area contributed by atoms with E-state index in [-0.39, 0.29) is 32.4 Å². The molecule has 0 aliphatic carbocycles. The zero-order valence-electron chi connectivity index (χ0n) is 16.3. The molecule has 2 N–H and O–H groups in total. The minimum absolute atomic E-state index is 0.0720. The summed E-state index contributed by atoms with van der Waals surface area (Å²) in [5.41, 5.74) is -0.409. The molecule has 9 heteroatoms. The molecule has 158 valence electrons. The van der Waals surface area contributed by atoms with Crippen LogP contribution in [0.5, 0.6) is 5.75 Å². The average molecular weight is 457 g/mol. The first-order valence-corrected chi connectivity index (χ1v) is 10.6. The number of aromatic carboxylic acids is 1. The molecule has 0 radical (unpaired) electrons. The van der Waals surface area contributed by atoms with Gasteiger partial charge in [-0.3, -0.25) is 9.78 Å². The van der Waals surface area contributed by atoms with E-state index >= 15 is 0 Å². The summed E-state index contributed by atoms with van der Waals surface area (Å²) in [6, 6.07) is 14.5. The summed E-state index contributed by atoms with van der Waals surface area (Å²) >= 11 is 7.26. The number of rotatable bonds is 6. The fraction of sp³-hybridized carbons (Fsp3) is 0.136. The van der Waals surface area contributed by atoms with Gasteiger partial charge in [-0.2, -0.15) is 0 Å². The van der Waals surface area contributed by atoms with Crippen LogP contribution in [-0.4, -0.2) is 27.2 Å². The summed E-state index contributed by atoms with van der Waals surface area (Å²) < 4.78 is 6.71. The van der Waals surface area contributed by atoms with Crippen LogP contribution in [0, 0.1) is 0 Å². The summed E-state index contributed by atoms with van der Waals surface area (Å²) in [5, 5.41) is 10.8. The van der Waals surface area contributed by atoms with Gasteiger partial charge in [0.2, 0.25) is 0 Å². The van der Waals surface area contributed by atoms with Gasteiger partial charge < -0.3 is 9.84 Å². The molecule has 0 amide bonds. The Hall–Kier alpha value is -3.36. The van der Waals surface area contributed by atoms with Crippen molar-refractivity contribution in [3.63, 3.8) is 0 Å². The van der Waals surface area contributed by atoms with Crippen molar-refractivity contribution in [1.82, 2.24) is 9.55 Å².